The number of piperidine rings is 1. The zero-order chi connectivity index (χ0) is 25.8. The van der Waals surface area contributed by atoms with Crippen molar-refractivity contribution in [3.05, 3.63) is 83.2 Å². The van der Waals surface area contributed by atoms with Gasteiger partial charge in [-0.15, -0.1) is 0 Å². The van der Waals surface area contributed by atoms with Gasteiger partial charge in [-0.3, -0.25) is 9.48 Å². The molecule has 37 heavy (non-hydrogen) atoms. The third kappa shape index (κ3) is 5.59. The second-order valence-electron chi connectivity index (χ2n) is 9.49. The van der Waals surface area contributed by atoms with E-state index in [4.69, 9.17) is 9.84 Å². The highest BCUT2D eigenvalue weighted by atomic mass is 19.1. The molecule has 0 radical (unpaired) electrons. The van der Waals surface area contributed by atoms with Crippen LogP contribution in [0.3, 0.4) is 0 Å². The van der Waals surface area contributed by atoms with E-state index in [1.165, 1.54) is 6.07 Å². The number of aromatic nitrogens is 2. The molecule has 0 aliphatic carbocycles. The first kappa shape index (κ1) is 24.8. The van der Waals surface area contributed by atoms with Gasteiger partial charge >= 0.3 is 0 Å². The molecule has 0 bridgehead atoms. The maximum atomic E-state index is 14.2. The van der Waals surface area contributed by atoms with E-state index in [1.807, 2.05) is 47.1 Å². The molecule has 0 saturated carbocycles. The summed E-state index contributed by atoms with van der Waals surface area (Å²) >= 11 is 0. The van der Waals surface area contributed by atoms with Gasteiger partial charge in [0.15, 0.2) is 5.82 Å². The fraction of sp³-hybridized carbons (Fsp3) is 0.310. The number of carbonyl (C=O) groups is 1. The van der Waals surface area contributed by atoms with Crippen molar-refractivity contribution >= 4 is 28.3 Å². The first-order valence-corrected chi connectivity index (χ1v) is 12.7. The Morgan fingerprint density at radius 3 is 2.76 bits per heavy atom. The van der Waals surface area contributed by atoms with Crippen LogP contribution in [0, 0.1) is 12.7 Å². The topological polar surface area (TPSA) is 80.2 Å². The van der Waals surface area contributed by atoms with E-state index in [0.29, 0.717) is 35.9 Å². The second kappa shape index (κ2) is 11.0. The molecular weight excluding hydrogens is 469 g/mol. The van der Waals surface area contributed by atoms with Crippen LogP contribution in [-0.4, -0.2) is 35.4 Å². The number of nitrogens with one attached hydrogen (secondary N) is 3. The predicted octanol–water partition coefficient (Wildman–Crippen LogP) is 5.04. The van der Waals surface area contributed by atoms with E-state index in [9.17, 15) is 9.18 Å². The Bertz CT molecular complexity index is 1410. The number of aryl methyl sites for hydroxylation is 1. The molecule has 3 N–H and O–H groups in total. The van der Waals surface area contributed by atoms with Gasteiger partial charge in [-0.1, -0.05) is 42.8 Å². The molecule has 0 unspecified atom stereocenters. The highest BCUT2D eigenvalue weighted by Gasteiger charge is 2.20. The monoisotopic (exact) mass is 501 g/mol. The molecule has 8 heteroatoms. The summed E-state index contributed by atoms with van der Waals surface area (Å²) in [6.45, 7) is 3.63. The van der Waals surface area contributed by atoms with Crippen molar-refractivity contribution < 1.29 is 13.9 Å². The zero-order valence-corrected chi connectivity index (χ0v) is 21.2. The van der Waals surface area contributed by atoms with Crippen LogP contribution in [0.5, 0.6) is 5.75 Å². The van der Waals surface area contributed by atoms with Gasteiger partial charge < -0.3 is 20.7 Å². The summed E-state index contributed by atoms with van der Waals surface area (Å²) in [6.07, 6.45) is 3.09. The van der Waals surface area contributed by atoms with Crippen LogP contribution in [0.1, 0.15) is 36.0 Å². The van der Waals surface area contributed by atoms with E-state index in [-0.39, 0.29) is 17.8 Å². The average molecular weight is 502 g/mol. The largest absolute Gasteiger partial charge is 0.496 e. The molecule has 3 aromatic carbocycles. The molecule has 4 aromatic rings. The van der Waals surface area contributed by atoms with E-state index < -0.39 is 0 Å². The minimum absolute atomic E-state index is 0.0542. The molecule has 1 amide bonds. The summed E-state index contributed by atoms with van der Waals surface area (Å²) in [4.78, 5) is 12.5. The summed E-state index contributed by atoms with van der Waals surface area (Å²) < 4.78 is 21.7. The van der Waals surface area contributed by atoms with E-state index in [0.717, 1.165) is 47.8 Å². The number of fused-ring (bicyclic) bond motifs is 1. The Labute approximate surface area is 216 Å². The minimum Gasteiger partial charge on any atom is -0.496 e. The molecule has 2 heterocycles. The fourth-order valence-corrected chi connectivity index (χ4v) is 4.78. The Hall–Kier alpha value is -3.91. The van der Waals surface area contributed by atoms with Gasteiger partial charge in [-0.25, -0.2) is 4.39 Å². The van der Waals surface area contributed by atoms with Crippen molar-refractivity contribution in [2.75, 3.05) is 19.0 Å². The zero-order valence-electron chi connectivity index (χ0n) is 21.2. The van der Waals surface area contributed by atoms with E-state index in [2.05, 4.69) is 22.0 Å². The highest BCUT2D eigenvalue weighted by Crippen LogP contribution is 2.34. The average Bonchev–Trinajstić information content (AvgIpc) is 3.27. The lowest BCUT2D eigenvalue weighted by Crippen LogP contribution is -2.46. The Balaban J connectivity index is 1.37. The van der Waals surface area contributed by atoms with E-state index >= 15 is 0 Å². The third-order valence-electron chi connectivity index (χ3n) is 6.81. The Kier molecular flexibility index (Phi) is 7.37. The number of anilines is 2. The predicted molar refractivity (Wildman–Crippen MR) is 144 cm³/mol. The van der Waals surface area contributed by atoms with Crippen molar-refractivity contribution in [1.29, 1.82) is 0 Å². The van der Waals surface area contributed by atoms with Crippen LogP contribution in [-0.2, 0) is 17.9 Å². The van der Waals surface area contributed by atoms with Gasteiger partial charge in [0, 0.05) is 12.2 Å². The normalized spacial score (nSPS) is 15.5. The van der Waals surface area contributed by atoms with Crippen molar-refractivity contribution in [3.63, 3.8) is 0 Å². The number of benzene rings is 3. The molecule has 1 aromatic heterocycles. The number of hydrogen-bond donors (Lipinski definition) is 3. The molecule has 1 atom stereocenters. The third-order valence-corrected chi connectivity index (χ3v) is 6.81. The lowest BCUT2D eigenvalue weighted by atomic mass is 10.0. The number of nitrogens with zero attached hydrogens (tertiary/aromatic N) is 2. The molecule has 1 aliphatic rings. The van der Waals surface area contributed by atoms with Crippen LogP contribution in [0.25, 0.3) is 10.9 Å². The molecular formula is C29H32FN5O2. The first-order chi connectivity index (χ1) is 18.0. The first-order valence-electron chi connectivity index (χ1n) is 12.7. The molecule has 0 spiro atoms. The highest BCUT2D eigenvalue weighted by molar-refractivity contribution is 5.97. The number of amides is 1. The van der Waals surface area contributed by atoms with Crippen LogP contribution >= 0.6 is 0 Å². The molecule has 1 fully saturated rings. The van der Waals surface area contributed by atoms with Gasteiger partial charge in [-0.05, 0) is 67.3 Å². The Morgan fingerprint density at radius 1 is 1.14 bits per heavy atom. The summed E-state index contributed by atoms with van der Waals surface area (Å²) in [7, 11) is 1.63. The Morgan fingerprint density at radius 2 is 1.97 bits per heavy atom. The minimum atomic E-state index is -0.274. The molecule has 192 valence electrons. The van der Waals surface area contributed by atoms with Gasteiger partial charge in [0.25, 0.3) is 0 Å². The maximum Gasteiger partial charge on any atom is 0.237 e. The van der Waals surface area contributed by atoms with Crippen molar-refractivity contribution in [2.24, 2.45) is 0 Å². The quantitative estimate of drug-likeness (QED) is 0.315. The number of hydrogen-bond acceptors (Lipinski definition) is 5. The lowest BCUT2D eigenvalue weighted by molar-refractivity contribution is -0.123. The van der Waals surface area contributed by atoms with Gasteiger partial charge in [0.05, 0.1) is 30.6 Å². The summed E-state index contributed by atoms with van der Waals surface area (Å²) in [5.41, 5.74) is 4.19. The van der Waals surface area contributed by atoms with Crippen LogP contribution < -0.4 is 20.7 Å². The molecule has 7 nitrogen and oxygen atoms in total. The second-order valence-corrected chi connectivity index (χ2v) is 9.49. The van der Waals surface area contributed by atoms with Gasteiger partial charge in [0.2, 0.25) is 5.91 Å². The van der Waals surface area contributed by atoms with Crippen LogP contribution in [0.15, 0.2) is 60.7 Å². The van der Waals surface area contributed by atoms with Gasteiger partial charge in [-0.2, -0.15) is 5.10 Å². The standard InChI is InChI=1S/C29H32FN5O2/c1-19-12-13-22(16-23(19)30)33-28-27-25(10-6-11-26(27)37-2)35(34-28)18-21-8-5-7-20(15-21)17-32-29(36)24-9-3-4-14-31-24/h5-8,10-13,15-16,24,31H,3-4,9,14,17-18H2,1-2H3,(H,32,36)(H,33,34)/t24-/m0/s1. The van der Waals surface area contributed by atoms with Crippen molar-refractivity contribution in [1.82, 2.24) is 20.4 Å². The van der Waals surface area contributed by atoms with Crippen molar-refractivity contribution in [2.45, 2.75) is 45.3 Å². The van der Waals surface area contributed by atoms with Crippen LogP contribution in [0.2, 0.25) is 0 Å². The SMILES string of the molecule is COc1cccc2c1c(Nc1ccc(C)c(F)c1)nn2Cc1cccc(CNC(=O)[C@@H]2CCCCN2)c1. The number of ether oxygens (including phenoxy) is 1. The number of halogens is 1. The number of carbonyl (C=O) groups excluding carboxylic acids is 1. The molecule has 1 aliphatic heterocycles. The van der Waals surface area contributed by atoms with Crippen molar-refractivity contribution in [3.8, 4) is 5.75 Å². The summed E-state index contributed by atoms with van der Waals surface area (Å²) in [5, 5.41) is 15.3. The lowest BCUT2D eigenvalue weighted by Gasteiger charge is -2.22. The van der Waals surface area contributed by atoms with E-state index in [1.54, 1.807) is 20.1 Å². The summed E-state index contributed by atoms with van der Waals surface area (Å²) in [6, 6.07) is 18.9. The summed E-state index contributed by atoms with van der Waals surface area (Å²) in [5.74, 6) is 1.06. The van der Waals surface area contributed by atoms with Crippen LogP contribution in [0.4, 0.5) is 15.9 Å². The molecule has 1 saturated heterocycles. The number of rotatable bonds is 8. The maximum absolute atomic E-state index is 14.2. The fourth-order valence-electron chi connectivity index (χ4n) is 4.78. The number of methoxy groups -OCH3 is 1. The molecule has 5 rings (SSSR count). The smallest absolute Gasteiger partial charge is 0.237 e. The van der Waals surface area contributed by atoms with Gasteiger partial charge in [0.1, 0.15) is 11.6 Å².